The van der Waals surface area contributed by atoms with Crippen molar-refractivity contribution in [3.63, 3.8) is 0 Å². The van der Waals surface area contributed by atoms with Gasteiger partial charge in [0, 0.05) is 32.2 Å². The Morgan fingerprint density at radius 1 is 0.891 bits per heavy atom. The molecular formula is C35H41ClN2O8. The van der Waals surface area contributed by atoms with Gasteiger partial charge >= 0.3 is 5.97 Å². The summed E-state index contributed by atoms with van der Waals surface area (Å²) in [5.41, 5.74) is 0.634. The van der Waals surface area contributed by atoms with Crippen molar-refractivity contribution >= 4 is 23.5 Å². The normalized spacial score (nSPS) is 25.1. The van der Waals surface area contributed by atoms with E-state index in [1.165, 1.54) is 0 Å². The van der Waals surface area contributed by atoms with Crippen LogP contribution < -0.4 is 0 Å². The number of likely N-dealkylation sites (tertiary alicyclic amines) is 1. The molecule has 2 aliphatic rings. The van der Waals surface area contributed by atoms with E-state index in [9.17, 15) is 30.0 Å². The molecule has 1 amide bonds. The van der Waals surface area contributed by atoms with Crippen LogP contribution in [0.1, 0.15) is 36.0 Å². The summed E-state index contributed by atoms with van der Waals surface area (Å²) >= 11 is 6.19. The van der Waals surface area contributed by atoms with Crippen LogP contribution in [0.4, 0.5) is 0 Å². The van der Waals surface area contributed by atoms with E-state index in [0.29, 0.717) is 43.9 Å². The van der Waals surface area contributed by atoms with Crippen molar-refractivity contribution in [2.75, 3.05) is 33.7 Å². The number of hydrogen-bond donors (Lipinski definition) is 4. The maximum Gasteiger partial charge on any atom is 0.335 e. The standard InChI is InChI=1S/C35H41ClN2O8/c1-37(2)33(44)35(24-9-5-3-6-10-24,25-11-7-4-8-12-25)19-22-38-20-17-34(18-21-38,23-13-15-26(36)16-14-23)46-32-29(41)27(39)28(40)30(45-32)31(42)43/h3-16,27-30,32,39-41H,17-22H2,1-2H3,(H,42,43)/t27-,28-,29+,30-,32?/m0/s1. The number of nitrogens with zero attached hydrogens (tertiary/aromatic N) is 2. The van der Waals surface area contributed by atoms with Crippen LogP contribution in [0.15, 0.2) is 84.9 Å². The smallest absolute Gasteiger partial charge is 0.335 e. The van der Waals surface area contributed by atoms with Crippen LogP contribution in [0.25, 0.3) is 0 Å². The molecule has 5 atom stereocenters. The molecule has 4 N–H and O–H groups in total. The van der Waals surface area contributed by atoms with Crippen molar-refractivity contribution < 1.29 is 39.5 Å². The van der Waals surface area contributed by atoms with Gasteiger partial charge in [-0.1, -0.05) is 84.4 Å². The summed E-state index contributed by atoms with van der Waals surface area (Å²) in [6.07, 6.45) is -7.18. The molecule has 0 aromatic heterocycles. The van der Waals surface area contributed by atoms with Gasteiger partial charge in [0.2, 0.25) is 5.91 Å². The first kappa shape index (κ1) is 34.0. The van der Waals surface area contributed by atoms with E-state index >= 15 is 0 Å². The van der Waals surface area contributed by atoms with Gasteiger partial charge in [-0.05, 0) is 54.6 Å². The highest BCUT2D eigenvalue weighted by molar-refractivity contribution is 6.30. The Labute approximate surface area is 273 Å². The van der Waals surface area contributed by atoms with Gasteiger partial charge in [0.15, 0.2) is 12.4 Å². The van der Waals surface area contributed by atoms with E-state index in [-0.39, 0.29) is 5.91 Å². The highest BCUT2D eigenvalue weighted by Crippen LogP contribution is 2.42. The lowest BCUT2D eigenvalue weighted by molar-refractivity contribution is -0.327. The number of carboxylic acids is 1. The van der Waals surface area contributed by atoms with Gasteiger partial charge in [-0.3, -0.25) is 4.79 Å². The third-order valence-electron chi connectivity index (χ3n) is 9.30. The molecule has 2 heterocycles. The van der Waals surface area contributed by atoms with Crippen molar-refractivity contribution in [3.8, 4) is 0 Å². The van der Waals surface area contributed by atoms with Crippen molar-refractivity contribution in [1.82, 2.24) is 9.80 Å². The minimum atomic E-state index is -1.82. The molecule has 5 rings (SSSR count). The molecule has 0 spiro atoms. The number of piperidine rings is 1. The van der Waals surface area contributed by atoms with E-state index in [0.717, 1.165) is 16.7 Å². The predicted molar refractivity (Wildman–Crippen MR) is 171 cm³/mol. The zero-order valence-electron chi connectivity index (χ0n) is 25.9. The maximum absolute atomic E-state index is 14.1. The SMILES string of the molecule is CN(C)C(=O)C(CCN1CCC(OC2O[C@H](C(=O)O)[C@@H](O)[C@H](O)[C@H]2O)(c2ccc(Cl)cc2)CC1)(c1ccccc1)c1ccccc1. The summed E-state index contributed by atoms with van der Waals surface area (Å²) in [5.74, 6) is -1.49. The molecule has 1 unspecified atom stereocenters. The summed E-state index contributed by atoms with van der Waals surface area (Å²) in [6, 6.07) is 26.7. The van der Waals surface area contributed by atoms with Crippen LogP contribution >= 0.6 is 11.6 Å². The van der Waals surface area contributed by atoms with E-state index in [1.54, 1.807) is 31.1 Å². The number of aliphatic hydroxyl groups excluding tert-OH is 3. The summed E-state index contributed by atoms with van der Waals surface area (Å²) in [6.45, 7) is 1.69. The molecule has 0 bridgehead atoms. The first-order chi connectivity index (χ1) is 22.0. The zero-order chi connectivity index (χ0) is 33.1. The van der Waals surface area contributed by atoms with E-state index in [4.69, 9.17) is 21.1 Å². The Bertz CT molecular complexity index is 1430. The van der Waals surface area contributed by atoms with Gasteiger partial charge in [0.1, 0.15) is 23.7 Å². The highest BCUT2D eigenvalue weighted by atomic mass is 35.5. The molecule has 2 saturated heterocycles. The molecule has 2 aliphatic heterocycles. The monoisotopic (exact) mass is 652 g/mol. The van der Waals surface area contributed by atoms with Crippen LogP contribution in [0.2, 0.25) is 5.02 Å². The molecule has 3 aromatic rings. The number of carbonyl (C=O) groups is 2. The number of benzene rings is 3. The van der Waals surface area contributed by atoms with Crippen LogP contribution in [0.3, 0.4) is 0 Å². The molecular weight excluding hydrogens is 612 g/mol. The fourth-order valence-corrected chi connectivity index (χ4v) is 6.83. The summed E-state index contributed by atoms with van der Waals surface area (Å²) in [7, 11) is 3.54. The van der Waals surface area contributed by atoms with Gasteiger partial charge in [-0.2, -0.15) is 0 Å². The first-order valence-corrected chi connectivity index (χ1v) is 15.8. The van der Waals surface area contributed by atoms with E-state index < -0.39 is 47.7 Å². The Morgan fingerprint density at radius 3 is 1.93 bits per heavy atom. The number of amides is 1. The number of aliphatic carboxylic acids is 1. The number of aliphatic hydroxyl groups is 3. The second kappa shape index (κ2) is 14.2. The first-order valence-electron chi connectivity index (χ1n) is 15.4. The molecule has 3 aromatic carbocycles. The molecule has 11 heteroatoms. The number of halogens is 1. The largest absolute Gasteiger partial charge is 0.479 e. The van der Waals surface area contributed by atoms with Gasteiger partial charge in [0.25, 0.3) is 0 Å². The summed E-state index contributed by atoms with van der Waals surface area (Å²) in [4.78, 5) is 29.7. The second-order valence-corrected chi connectivity index (χ2v) is 12.7. The lowest BCUT2D eigenvalue weighted by Gasteiger charge is -2.47. The molecule has 246 valence electrons. The third-order valence-corrected chi connectivity index (χ3v) is 9.55. The molecule has 10 nitrogen and oxygen atoms in total. The summed E-state index contributed by atoms with van der Waals surface area (Å²) < 4.78 is 11.9. The van der Waals surface area contributed by atoms with E-state index in [2.05, 4.69) is 4.90 Å². The number of carboxylic acid groups (broad SMARTS) is 1. The minimum Gasteiger partial charge on any atom is -0.479 e. The van der Waals surface area contributed by atoms with Crippen LogP contribution in [-0.4, -0.2) is 107 Å². The van der Waals surface area contributed by atoms with E-state index in [1.807, 2.05) is 72.8 Å². The van der Waals surface area contributed by atoms with Crippen LogP contribution in [0, 0.1) is 0 Å². The number of likely N-dealkylation sites (N-methyl/N-ethyl adjacent to an activating group) is 1. The number of hydrogen-bond acceptors (Lipinski definition) is 8. The lowest BCUT2D eigenvalue weighted by atomic mass is 9.70. The van der Waals surface area contributed by atoms with Crippen molar-refractivity contribution in [2.45, 2.75) is 61.0 Å². The van der Waals surface area contributed by atoms with Crippen LogP contribution in [0.5, 0.6) is 0 Å². The lowest BCUT2D eigenvalue weighted by Crippen LogP contribution is -2.62. The van der Waals surface area contributed by atoms with Crippen molar-refractivity contribution in [3.05, 3.63) is 107 Å². The minimum absolute atomic E-state index is 0.0158. The Morgan fingerprint density at radius 2 is 1.43 bits per heavy atom. The molecule has 0 radical (unpaired) electrons. The van der Waals surface area contributed by atoms with Gasteiger partial charge in [-0.25, -0.2) is 4.79 Å². The molecule has 0 saturated carbocycles. The average Bonchev–Trinajstić information content (AvgIpc) is 3.07. The second-order valence-electron chi connectivity index (χ2n) is 12.3. The van der Waals surface area contributed by atoms with Gasteiger partial charge < -0.3 is 39.7 Å². The topological polar surface area (TPSA) is 140 Å². The number of rotatable bonds is 10. The molecule has 46 heavy (non-hydrogen) atoms. The predicted octanol–water partition coefficient (Wildman–Crippen LogP) is 3.00. The maximum atomic E-state index is 14.1. The van der Waals surface area contributed by atoms with Gasteiger partial charge in [-0.15, -0.1) is 0 Å². The fourth-order valence-electron chi connectivity index (χ4n) is 6.70. The van der Waals surface area contributed by atoms with Crippen LogP contribution in [-0.2, 0) is 30.1 Å². The fraction of sp³-hybridized carbons (Fsp3) is 0.429. The Hall–Kier alpha value is -3.35. The molecule has 0 aliphatic carbocycles. The Kier molecular flexibility index (Phi) is 10.5. The highest BCUT2D eigenvalue weighted by Gasteiger charge is 2.51. The average molecular weight is 653 g/mol. The quantitative estimate of drug-likeness (QED) is 0.260. The van der Waals surface area contributed by atoms with Crippen molar-refractivity contribution in [2.24, 2.45) is 0 Å². The molecule has 2 fully saturated rings. The summed E-state index contributed by atoms with van der Waals surface area (Å²) in [5, 5.41) is 41.5. The van der Waals surface area contributed by atoms with Gasteiger partial charge in [0.05, 0.1) is 5.60 Å². The zero-order valence-corrected chi connectivity index (χ0v) is 26.7. The number of carbonyl (C=O) groups excluding carboxylic acids is 1. The number of ether oxygens (including phenoxy) is 2. The Balaban J connectivity index is 1.41. The van der Waals surface area contributed by atoms with Crippen molar-refractivity contribution in [1.29, 1.82) is 0 Å². The third kappa shape index (κ3) is 6.70.